The standard InChI is InChI=1S/C13H15ClO3S/c1-2-17-13(16)8-5-11(15)9-18-12-6-3-10(14)4-7-12/h3-8,11,15H,2,9H2,1H3/b8-5+/t11-/m0/s1. The van der Waals surface area contributed by atoms with E-state index in [-0.39, 0.29) is 0 Å². The van der Waals surface area contributed by atoms with Crippen molar-refractivity contribution in [2.24, 2.45) is 0 Å². The number of ether oxygens (including phenoxy) is 1. The lowest BCUT2D eigenvalue weighted by atomic mass is 10.3. The number of aliphatic hydroxyl groups is 1. The summed E-state index contributed by atoms with van der Waals surface area (Å²) in [6.45, 7) is 2.07. The van der Waals surface area contributed by atoms with Gasteiger partial charge in [-0.25, -0.2) is 4.79 Å². The summed E-state index contributed by atoms with van der Waals surface area (Å²) in [6.07, 6.45) is 1.99. The van der Waals surface area contributed by atoms with E-state index in [9.17, 15) is 9.90 Å². The van der Waals surface area contributed by atoms with Gasteiger partial charge in [0.1, 0.15) is 0 Å². The van der Waals surface area contributed by atoms with E-state index in [0.29, 0.717) is 17.4 Å². The second kappa shape index (κ2) is 8.19. The fourth-order valence-electron chi connectivity index (χ4n) is 1.15. The van der Waals surface area contributed by atoms with Crippen LogP contribution >= 0.6 is 23.4 Å². The first-order valence-electron chi connectivity index (χ1n) is 5.53. The highest BCUT2D eigenvalue weighted by Gasteiger charge is 2.02. The number of rotatable bonds is 6. The first-order valence-corrected chi connectivity index (χ1v) is 6.89. The number of thioether (sulfide) groups is 1. The van der Waals surface area contributed by atoms with Crippen LogP contribution in [0.25, 0.3) is 0 Å². The van der Waals surface area contributed by atoms with E-state index < -0.39 is 12.1 Å². The fraction of sp³-hybridized carbons (Fsp3) is 0.308. The number of halogens is 1. The van der Waals surface area contributed by atoms with Gasteiger partial charge in [0.15, 0.2) is 0 Å². The van der Waals surface area contributed by atoms with Gasteiger partial charge in [0, 0.05) is 21.7 Å². The Morgan fingerprint density at radius 1 is 1.50 bits per heavy atom. The van der Waals surface area contributed by atoms with Crippen molar-refractivity contribution in [1.82, 2.24) is 0 Å². The molecule has 1 aromatic carbocycles. The SMILES string of the molecule is CCOC(=O)/C=C/[C@H](O)CSc1ccc(Cl)cc1. The third-order valence-corrected chi connectivity index (χ3v) is 3.34. The van der Waals surface area contributed by atoms with Crippen LogP contribution in [0, 0.1) is 0 Å². The lowest BCUT2D eigenvalue weighted by molar-refractivity contribution is -0.137. The van der Waals surface area contributed by atoms with Gasteiger partial charge in [-0.1, -0.05) is 11.6 Å². The molecule has 98 valence electrons. The molecule has 0 aliphatic rings. The molecule has 0 radical (unpaired) electrons. The molecule has 1 atom stereocenters. The molecule has 0 heterocycles. The number of hydrogen-bond acceptors (Lipinski definition) is 4. The zero-order chi connectivity index (χ0) is 13.4. The monoisotopic (exact) mass is 286 g/mol. The molecule has 3 nitrogen and oxygen atoms in total. The van der Waals surface area contributed by atoms with Crippen molar-refractivity contribution in [2.45, 2.75) is 17.9 Å². The third kappa shape index (κ3) is 6.10. The number of hydrogen-bond donors (Lipinski definition) is 1. The van der Waals surface area contributed by atoms with E-state index in [1.165, 1.54) is 23.9 Å². The Hall–Kier alpha value is -0.970. The second-order valence-electron chi connectivity index (χ2n) is 3.44. The van der Waals surface area contributed by atoms with E-state index in [2.05, 4.69) is 0 Å². The number of benzene rings is 1. The highest BCUT2D eigenvalue weighted by molar-refractivity contribution is 7.99. The van der Waals surface area contributed by atoms with Crippen molar-refractivity contribution in [3.05, 3.63) is 41.4 Å². The van der Waals surface area contributed by atoms with Crippen LogP contribution in [-0.4, -0.2) is 29.5 Å². The van der Waals surface area contributed by atoms with E-state index in [1.807, 2.05) is 12.1 Å². The topological polar surface area (TPSA) is 46.5 Å². The van der Waals surface area contributed by atoms with Gasteiger partial charge in [-0.05, 0) is 37.3 Å². The van der Waals surface area contributed by atoms with Crippen molar-refractivity contribution in [2.75, 3.05) is 12.4 Å². The van der Waals surface area contributed by atoms with Crippen molar-refractivity contribution < 1.29 is 14.6 Å². The maximum absolute atomic E-state index is 11.0. The summed E-state index contributed by atoms with van der Waals surface area (Å²) >= 11 is 7.26. The zero-order valence-electron chi connectivity index (χ0n) is 10.0. The van der Waals surface area contributed by atoms with Gasteiger partial charge in [-0.15, -0.1) is 11.8 Å². The Balaban J connectivity index is 2.34. The van der Waals surface area contributed by atoms with Crippen LogP contribution in [0.2, 0.25) is 5.02 Å². The van der Waals surface area contributed by atoms with Gasteiger partial charge in [0.25, 0.3) is 0 Å². The molecule has 1 rings (SSSR count). The lowest BCUT2D eigenvalue weighted by Gasteiger charge is -2.05. The maximum atomic E-state index is 11.0. The average Bonchev–Trinajstić information content (AvgIpc) is 2.36. The summed E-state index contributed by atoms with van der Waals surface area (Å²) in [7, 11) is 0. The quantitative estimate of drug-likeness (QED) is 0.496. The normalized spacial score (nSPS) is 12.6. The third-order valence-electron chi connectivity index (χ3n) is 1.98. The summed E-state index contributed by atoms with van der Waals surface area (Å²) in [5.74, 6) is 0.0328. The average molecular weight is 287 g/mol. The fourth-order valence-corrected chi connectivity index (χ4v) is 2.08. The molecule has 0 aromatic heterocycles. The van der Waals surface area contributed by atoms with Gasteiger partial charge in [0.05, 0.1) is 12.7 Å². The molecule has 1 aromatic rings. The molecule has 0 saturated heterocycles. The largest absolute Gasteiger partial charge is 0.463 e. The minimum absolute atomic E-state index is 0.332. The minimum atomic E-state index is -0.685. The predicted molar refractivity (Wildman–Crippen MR) is 74.0 cm³/mol. The van der Waals surface area contributed by atoms with Crippen LogP contribution in [0.3, 0.4) is 0 Å². The predicted octanol–water partition coefficient (Wildman–Crippen LogP) is 2.91. The van der Waals surface area contributed by atoms with Crippen LogP contribution in [0.15, 0.2) is 41.3 Å². The lowest BCUT2D eigenvalue weighted by Crippen LogP contribution is -2.07. The molecule has 1 N–H and O–H groups in total. The molecule has 0 aliphatic heterocycles. The molecule has 0 amide bonds. The number of aliphatic hydroxyl groups excluding tert-OH is 1. The molecule has 0 aliphatic carbocycles. The van der Waals surface area contributed by atoms with E-state index in [4.69, 9.17) is 16.3 Å². The highest BCUT2D eigenvalue weighted by Crippen LogP contribution is 2.21. The van der Waals surface area contributed by atoms with Gasteiger partial charge in [-0.2, -0.15) is 0 Å². The van der Waals surface area contributed by atoms with E-state index >= 15 is 0 Å². The number of esters is 1. The molecule has 5 heteroatoms. The summed E-state index contributed by atoms with van der Waals surface area (Å²) in [6, 6.07) is 7.36. The van der Waals surface area contributed by atoms with Crippen LogP contribution < -0.4 is 0 Å². The van der Waals surface area contributed by atoms with Crippen LogP contribution in [0.4, 0.5) is 0 Å². The first kappa shape index (κ1) is 15.1. The van der Waals surface area contributed by atoms with E-state index in [0.717, 1.165) is 4.90 Å². The summed E-state index contributed by atoms with van der Waals surface area (Å²) in [5, 5.41) is 10.3. The summed E-state index contributed by atoms with van der Waals surface area (Å²) in [5.41, 5.74) is 0. The number of carbonyl (C=O) groups excluding carboxylic acids is 1. The summed E-state index contributed by atoms with van der Waals surface area (Å²) in [4.78, 5) is 12.0. The minimum Gasteiger partial charge on any atom is -0.463 e. The van der Waals surface area contributed by atoms with Crippen molar-refractivity contribution >= 4 is 29.3 Å². The molecule has 0 fully saturated rings. The van der Waals surface area contributed by atoms with Crippen LogP contribution in [0.1, 0.15) is 6.92 Å². The zero-order valence-corrected chi connectivity index (χ0v) is 11.6. The molecule has 0 saturated carbocycles. The second-order valence-corrected chi connectivity index (χ2v) is 4.97. The Bertz CT molecular complexity index is 403. The Morgan fingerprint density at radius 3 is 2.78 bits per heavy atom. The molecular formula is C13H15ClO3S. The van der Waals surface area contributed by atoms with Crippen LogP contribution in [-0.2, 0) is 9.53 Å². The van der Waals surface area contributed by atoms with Crippen LogP contribution in [0.5, 0.6) is 0 Å². The molecular weight excluding hydrogens is 272 g/mol. The molecule has 0 unspecified atom stereocenters. The molecule has 18 heavy (non-hydrogen) atoms. The van der Waals surface area contributed by atoms with Gasteiger partial charge >= 0.3 is 5.97 Å². The van der Waals surface area contributed by atoms with Crippen molar-refractivity contribution in [3.8, 4) is 0 Å². The first-order chi connectivity index (χ1) is 8.61. The maximum Gasteiger partial charge on any atom is 0.330 e. The van der Waals surface area contributed by atoms with E-state index in [1.54, 1.807) is 19.1 Å². The number of carbonyl (C=O) groups is 1. The van der Waals surface area contributed by atoms with Gasteiger partial charge < -0.3 is 9.84 Å². The molecule has 0 bridgehead atoms. The van der Waals surface area contributed by atoms with Crippen molar-refractivity contribution in [3.63, 3.8) is 0 Å². The van der Waals surface area contributed by atoms with Gasteiger partial charge in [0.2, 0.25) is 0 Å². The van der Waals surface area contributed by atoms with Gasteiger partial charge in [-0.3, -0.25) is 0 Å². The molecule has 0 spiro atoms. The smallest absolute Gasteiger partial charge is 0.330 e. The summed E-state index contributed by atoms with van der Waals surface area (Å²) < 4.78 is 4.71. The van der Waals surface area contributed by atoms with Crippen molar-refractivity contribution in [1.29, 1.82) is 0 Å². The Labute approximate surface area is 116 Å². The Morgan fingerprint density at radius 2 is 2.17 bits per heavy atom. The highest BCUT2D eigenvalue weighted by atomic mass is 35.5. The Kier molecular flexibility index (Phi) is 6.86.